The lowest BCUT2D eigenvalue weighted by molar-refractivity contribution is 0.272. The number of hydrogen-bond acceptors (Lipinski definition) is 5. The van der Waals surface area contributed by atoms with Crippen molar-refractivity contribution in [3.63, 3.8) is 0 Å². The van der Waals surface area contributed by atoms with E-state index in [0.29, 0.717) is 5.56 Å². The fraction of sp³-hybridized carbons (Fsp3) is 0.0213. The molecule has 0 atom stereocenters. The van der Waals surface area contributed by atoms with E-state index in [9.17, 15) is 20.4 Å². The number of rotatable bonds is 4. The third-order valence-corrected chi connectivity index (χ3v) is 10.7. The van der Waals surface area contributed by atoms with Gasteiger partial charge in [0.05, 0.1) is 6.61 Å². The van der Waals surface area contributed by atoms with Crippen LogP contribution >= 0.6 is 0 Å². The molecule has 0 fully saturated rings. The van der Waals surface area contributed by atoms with Gasteiger partial charge in [-0.3, -0.25) is 0 Å². The zero-order valence-corrected chi connectivity index (χ0v) is 28.3. The van der Waals surface area contributed by atoms with Crippen LogP contribution in [-0.2, 0) is 6.61 Å². The lowest BCUT2D eigenvalue weighted by Crippen LogP contribution is -2.12. The largest absolute Gasteiger partial charge is 0.505 e. The summed E-state index contributed by atoms with van der Waals surface area (Å²) in [5, 5.41) is 53.1. The quantitative estimate of drug-likeness (QED) is 0.0841. The summed E-state index contributed by atoms with van der Waals surface area (Å²) in [5.41, 5.74) is 6.21. The summed E-state index contributed by atoms with van der Waals surface area (Å²) in [6.45, 7) is -0.621. The minimum atomic E-state index is -0.771. The van der Waals surface area contributed by atoms with Gasteiger partial charge in [-0.25, -0.2) is 0 Å². The van der Waals surface area contributed by atoms with Crippen LogP contribution in [0.1, 0.15) is 5.56 Å². The van der Waals surface area contributed by atoms with Crippen LogP contribution in [0.25, 0.3) is 98.4 Å². The van der Waals surface area contributed by atoms with Gasteiger partial charge < -0.3 is 24.8 Å². The van der Waals surface area contributed by atoms with Gasteiger partial charge >= 0.3 is 0 Å². The highest BCUT2D eigenvalue weighted by Gasteiger charge is 2.26. The average molecular weight is 685 g/mol. The zero-order valence-electron chi connectivity index (χ0n) is 28.3. The highest BCUT2D eigenvalue weighted by molar-refractivity contribution is 6.39. The van der Waals surface area contributed by atoms with Gasteiger partial charge in [0.15, 0.2) is 17.2 Å². The number of hydrogen-bond donors (Lipinski definition) is 4. The fourth-order valence-corrected chi connectivity index (χ4v) is 8.37. The average Bonchev–Trinajstić information content (AvgIpc) is 3.60. The second-order valence-corrected chi connectivity index (χ2v) is 13.5. The molecule has 0 saturated carbocycles. The van der Waals surface area contributed by atoms with Crippen molar-refractivity contribution < 1.29 is 24.8 Å². The van der Waals surface area contributed by atoms with E-state index in [2.05, 4.69) is 60.7 Å². The Morgan fingerprint density at radius 3 is 1.58 bits per heavy atom. The van der Waals surface area contributed by atoms with Crippen molar-refractivity contribution in [1.29, 1.82) is 0 Å². The normalized spacial score (nSPS) is 11.9. The number of fused-ring (bicyclic) bond motifs is 8. The smallest absolute Gasteiger partial charge is 0.200 e. The molecule has 53 heavy (non-hydrogen) atoms. The van der Waals surface area contributed by atoms with Gasteiger partial charge in [0.2, 0.25) is 0 Å². The van der Waals surface area contributed by atoms with Gasteiger partial charge in [-0.1, -0.05) is 115 Å². The molecule has 1 aromatic heterocycles. The number of aliphatic hydroxyl groups excluding tert-OH is 1. The van der Waals surface area contributed by atoms with Gasteiger partial charge in [0.25, 0.3) is 0 Å². The second-order valence-electron chi connectivity index (χ2n) is 13.5. The van der Waals surface area contributed by atoms with Crippen molar-refractivity contribution in [3.05, 3.63) is 145 Å². The van der Waals surface area contributed by atoms with E-state index in [4.69, 9.17) is 12.3 Å². The molecular formula is C47H29BO5. The van der Waals surface area contributed by atoms with Crippen molar-refractivity contribution in [3.8, 4) is 50.6 Å². The zero-order chi connectivity index (χ0) is 36.0. The highest BCUT2D eigenvalue weighted by Crippen LogP contribution is 2.51. The minimum Gasteiger partial charge on any atom is -0.505 e. The first kappa shape index (κ1) is 31.0. The van der Waals surface area contributed by atoms with Crippen LogP contribution in [-0.4, -0.2) is 28.3 Å². The first-order chi connectivity index (χ1) is 25.9. The number of aliphatic hydroxyl groups is 1. The van der Waals surface area contributed by atoms with Gasteiger partial charge in [0.1, 0.15) is 19.0 Å². The van der Waals surface area contributed by atoms with Crippen molar-refractivity contribution in [2.75, 3.05) is 0 Å². The topological polar surface area (TPSA) is 94.1 Å². The maximum atomic E-state index is 11.0. The molecule has 0 unspecified atom stereocenters. The summed E-state index contributed by atoms with van der Waals surface area (Å²) >= 11 is 0. The predicted molar refractivity (Wildman–Crippen MR) is 216 cm³/mol. The summed E-state index contributed by atoms with van der Waals surface area (Å²) in [7, 11) is 6.56. The van der Waals surface area contributed by atoms with E-state index in [-0.39, 0.29) is 16.6 Å². The molecule has 2 radical (unpaired) electrons. The number of benzene rings is 9. The van der Waals surface area contributed by atoms with Crippen LogP contribution in [0.3, 0.4) is 0 Å². The van der Waals surface area contributed by atoms with Gasteiger partial charge in [-0.05, 0) is 101 Å². The Hall–Kier alpha value is -6.76. The van der Waals surface area contributed by atoms with Gasteiger partial charge in [0, 0.05) is 21.7 Å². The molecule has 0 aliphatic heterocycles. The Kier molecular flexibility index (Phi) is 6.81. The molecule has 5 nitrogen and oxygen atoms in total. The molecule has 0 aliphatic rings. The lowest BCUT2D eigenvalue weighted by Gasteiger charge is -2.23. The molecule has 1 heterocycles. The third-order valence-electron chi connectivity index (χ3n) is 10.7. The Morgan fingerprint density at radius 2 is 0.981 bits per heavy atom. The van der Waals surface area contributed by atoms with E-state index < -0.39 is 23.9 Å². The molecule has 0 spiro atoms. The molecule has 0 amide bonds. The maximum absolute atomic E-state index is 11.0. The molecule has 10 aromatic rings. The fourth-order valence-electron chi connectivity index (χ4n) is 8.37. The highest BCUT2D eigenvalue weighted by atomic mass is 16.3. The van der Waals surface area contributed by atoms with E-state index in [0.717, 1.165) is 87.3 Å². The van der Waals surface area contributed by atoms with Crippen molar-refractivity contribution in [2.24, 2.45) is 0 Å². The molecule has 0 bridgehead atoms. The molecule has 0 saturated heterocycles. The van der Waals surface area contributed by atoms with Crippen LogP contribution < -0.4 is 5.46 Å². The van der Waals surface area contributed by atoms with Crippen LogP contribution in [0.5, 0.6) is 17.2 Å². The molecule has 0 aliphatic carbocycles. The SMILES string of the molecule is [B]c1c(O)c(O)c(O)c(CO)c1-c1cc2ccccc2cc1-c1c2ccccc2c(-c2cccc3oc4c5ccccc5ccc4c23)c2ccccc12. The summed E-state index contributed by atoms with van der Waals surface area (Å²) in [5.74, 6) is -2.04. The van der Waals surface area contributed by atoms with E-state index in [1.165, 1.54) is 0 Å². The van der Waals surface area contributed by atoms with Crippen molar-refractivity contribution in [1.82, 2.24) is 0 Å². The summed E-state index contributed by atoms with van der Waals surface area (Å²) in [6, 6.07) is 47.5. The molecule has 4 N–H and O–H groups in total. The second kappa shape index (κ2) is 11.6. The maximum Gasteiger partial charge on any atom is 0.200 e. The molecule has 250 valence electrons. The minimum absolute atomic E-state index is 0.0191. The Labute approximate surface area is 304 Å². The van der Waals surface area contributed by atoms with Crippen molar-refractivity contribution in [2.45, 2.75) is 6.61 Å². The number of aromatic hydroxyl groups is 3. The Bertz CT molecular complexity index is 3100. The number of phenolic OH excluding ortho intramolecular Hbond substituents is 2. The molecule has 9 aromatic carbocycles. The number of furan rings is 1. The summed E-state index contributed by atoms with van der Waals surface area (Å²) in [4.78, 5) is 0. The van der Waals surface area contributed by atoms with Gasteiger partial charge in [-0.2, -0.15) is 0 Å². The molecule has 10 rings (SSSR count). The van der Waals surface area contributed by atoms with Gasteiger partial charge in [-0.15, -0.1) is 0 Å². The molecular weight excluding hydrogens is 655 g/mol. The monoisotopic (exact) mass is 684 g/mol. The van der Waals surface area contributed by atoms with E-state index >= 15 is 0 Å². The van der Waals surface area contributed by atoms with E-state index in [1.54, 1.807) is 0 Å². The third kappa shape index (κ3) is 4.43. The number of phenols is 3. The van der Waals surface area contributed by atoms with Crippen LogP contribution in [0.15, 0.2) is 144 Å². The van der Waals surface area contributed by atoms with E-state index in [1.807, 2.05) is 78.9 Å². The summed E-state index contributed by atoms with van der Waals surface area (Å²) < 4.78 is 6.62. The first-order valence-electron chi connectivity index (χ1n) is 17.4. The Balaban J connectivity index is 1.37. The predicted octanol–water partition coefficient (Wildman–Crippen LogP) is 10.6. The van der Waals surface area contributed by atoms with Crippen LogP contribution in [0.2, 0.25) is 0 Å². The van der Waals surface area contributed by atoms with Crippen LogP contribution in [0.4, 0.5) is 0 Å². The first-order valence-corrected chi connectivity index (χ1v) is 17.4. The standard InChI is InChI=1S/C47H29BO5/c48-43-42(37(24-49)44(50)46(52)45(43)51)36-23-27-12-2-1-11-26(27)22-35(36)40-31-16-7-5-14-29(31)39(30-15-6-8-17-32(30)40)33-18-9-19-38-41(33)34-21-20-25-10-3-4-13-28(25)47(34)53-38/h1-23,49-52H,24H2. The Morgan fingerprint density at radius 1 is 0.453 bits per heavy atom. The van der Waals surface area contributed by atoms with Crippen LogP contribution in [0, 0.1) is 0 Å². The molecule has 6 heteroatoms. The van der Waals surface area contributed by atoms with Crippen molar-refractivity contribution >= 4 is 78.3 Å². The summed E-state index contributed by atoms with van der Waals surface area (Å²) in [6.07, 6.45) is 0. The lowest BCUT2D eigenvalue weighted by atomic mass is 9.77.